The highest BCUT2D eigenvalue weighted by Gasteiger charge is 2.46. The molecule has 26 nitrogen and oxygen atoms in total. The lowest BCUT2D eigenvalue weighted by atomic mass is 9.84. The summed E-state index contributed by atoms with van der Waals surface area (Å²) in [4.78, 5) is 204. The molecule has 3 N–H and O–H groups in total. The van der Waals surface area contributed by atoms with Gasteiger partial charge in [-0.15, -0.1) is 0 Å². The van der Waals surface area contributed by atoms with E-state index in [4.69, 9.17) is 11.6 Å². The van der Waals surface area contributed by atoms with Crippen molar-refractivity contribution in [3.05, 3.63) is 34.3 Å². The SMILES string of the molecule is CC[C@@H]1NC(=O)[C@H](CC(=O)N2CCC(F)(F)CC2)N(C)C(=O)[C@H](CCc2ccc(C(F)(F)F)c(Cl)c2)NC(=O)CN(C)C(=O)[C@H](CC2CCCCC2)N(C)C(=O)CN(C)C(=O)CN(C)C(=O)[C@H]([C@@H](C)CC)NC(=O)[C@H](CC(C)C)N(C)C(=O)C[C@@H](C(=O)N2CCCCC2)N(C)C(=O)[C@@H](C(C)C)N(C)C1=O. The summed E-state index contributed by atoms with van der Waals surface area (Å²) in [5.74, 6) is -15.2. The van der Waals surface area contributed by atoms with Gasteiger partial charge >= 0.3 is 6.18 Å². The van der Waals surface area contributed by atoms with E-state index in [2.05, 4.69) is 16.0 Å². The first-order valence-electron chi connectivity index (χ1n) is 36.8. The van der Waals surface area contributed by atoms with Crippen LogP contribution in [0.2, 0.25) is 5.02 Å². The first-order chi connectivity index (χ1) is 49.0. The Morgan fingerprint density at radius 2 is 1.15 bits per heavy atom. The summed E-state index contributed by atoms with van der Waals surface area (Å²) in [5.41, 5.74) is -0.993. The molecule has 1 aromatic rings. The molecular weight excluding hydrogens is 1400 g/mol. The number of benzene rings is 1. The predicted octanol–water partition coefficient (Wildman–Crippen LogP) is 5.45. The van der Waals surface area contributed by atoms with Gasteiger partial charge in [-0.1, -0.05) is 105 Å². The molecule has 0 aromatic heterocycles. The summed E-state index contributed by atoms with van der Waals surface area (Å²) in [6, 6.07) is -8.91. The van der Waals surface area contributed by atoms with Gasteiger partial charge < -0.3 is 64.9 Å². The number of halogens is 6. The molecule has 13 amide bonds. The Kier molecular flexibility index (Phi) is 32.8. The second-order valence-electron chi connectivity index (χ2n) is 30.0. The number of nitrogens with zero attached hydrogens (tertiary/aromatic N) is 10. The zero-order chi connectivity index (χ0) is 78.9. The summed E-state index contributed by atoms with van der Waals surface area (Å²) < 4.78 is 70.9. The number of hydrogen-bond acceptors (Lipinski definition) is 13. The van der Waals surface area contributed by atoms with Crippen molar-refractivity contribution < 1.29 is 84.3 Å². The van der Waals surface area contributed by atoms with Gasteiger partial charge in [-0.25, -0.2) is 8.78 Å². The van der Waals surface area contributed by atoms with Gasteiger partial charge in [0.2, 0.25) is 76.8 Å². The monoisotopic (exact) mass is 1510 g/mol. The van der Waals surface area contributed by atoms with Crippen LogP contribution in [0.3, 0.4) is 0 Å². The standard InChI is InChI=1S/C73H113ClF5N13O13/c1-16-46(7)62-70(104)85(10)42-60(96)83(8)43-61(97)87(12)55(38-47-24-20-18-21-25-47)68(102)84(9)41-57(93)80-52(29-27-48-26-28-49(50(74)37-48)73(77,78)79)67(101)88(13)54(39-59(95)91-34-30-72(75,76)31-35-91)64(98)81-51(17-2)66(100)90(15)63(45(5)6)71(105)89(14)56(69(103)92-32-22-19-23-33-92)40-58(94)86(11)53(36-44(3)4)65(99)82-62/h26,28,37,44-47,51-56,62-63H,16-25,27,29-36,38-43H2,1-15H3,(H,80,93)(H,81,98)(H,82,99)/t46-,51-,52-,53-,54-,55-,56-,62-,63+/m0/s1. The van der Waals surface area contributed by atoms with Crippen LogP contribution in [0.15, 0.2) is 18.2 Å². The van der Waals surface area contributed by atoms with Crippen molar-refractivity contribution in [2.24, 2.45) is 23.7 Å². The van der Waals surface area contributed by atoms with E-state index >= 15 is 19.2 Å². The van der Waals surface area contributed by atoms with Crippen molar-refractivity contribution in [1.29, 1.82) is 0 Å². The molecule has 1 aliphatic carbocycles. The van der Waals surface area contributed by atoms with Gasteiger partial charge in [0.25, 0.3) is 5.92 Å². The number of piperidine rings is 2. The van der Waals surface area contributed by atoms with Gasteiger partial charge in [-0.3, -0.25) is 62.3 Å². The lowest BCUT2D eigenvalue weighted by Gasteiger charge is -2.40. The van der Waals surface area contributed by atoms with Crippen LogP contribution < -0.4 is 16.0 Å². The summed E-state index contributed by atoms with van der Waals surface area (Å²) in [7, 11) is 10.5. The average molecular weight is 1510 g/mol. The Morgan fingerprint density at radius 1 is 0.590 bits per heavy atom. The molecule has 0 unspecified atom stereocenters. The third-order valence-corrected chi connectivity index (χ3v) is 21.5. The van der Waals surface area contributed by atoms with E-state index in [-0.39, 0.29) is 43.1 Å². The van der Waals surface area contributed by atoms with Crippen molar-refractivity contribution in [2.75, 3.05) is 102 Å². The molecule has 3 saturated heterocycles. The van der Waals surface area contributed by atoms with Gasteiger partial charge in [0.05, 0.1) is 43.1 Å². The lowest BCUT2D eigenvalue weighted by molar-refractivity contribution is -0.155. The molecule has 4 fully saturated rings. The van der Waals surface area contributed by atoms with Crippen LogP contribution in [0.25, 0.3) is 0 Å². The molecule has 3 heterocycles. The van der Waals surface area contributed by atoms with E-state index < -0.39 is 224 Å². The van der Waals surface area contributed by atoms with Crippen LogP contribution in [0, 0.1) is 23.7 Å². The van der Waals surface area contributed by atoms with Crippen molar-refractivity contribution in [3.63, 3.8) is 0 Å². The molecule has 32 heteroatoms. The number of carbonyl (C=O) groups excluding carboxylic acids is 13. The second kappa shape index (κ2) is 39.2. The Hall–Kier alpha value is -7.73. The zero-order valence-corrected chi connectivity index (χ0v) is 64.6. The van der Waals surface area contributed by atoms with Gasteiger partial charge in [-0.05, 0) is 92.7 Å². The maximum Gasteiger partial charge on any atom is 0.417 e. The van der Waals surface area contributed by atoms with Crippen LogP contribution in [0.5, 0.6) is 0 Å². The van der Waals surface area contributed by atoms with Gasteiger partial charge in [0, 0.05) is 95.4 Å². The third kappa shape index (κ3) is 24.1. The first-order valence-corrected chi connectivity index (χ1v) is 37.2. The Labute approximate surface area is 619 Å². The topological polar surface area (TPSA) is 290 Å². The van der Waals surface area contributed by atoms with Crippen molar-refractivity contribution >= 4 is 88.4 Å². The van der Waals surface area contributed by atoms with Gasteiger partial charge in [0.1, 0.15) is 48.3 Å². The molecule has 9 atom stereocenters. The smallest absolute Gasteiger partial charge is 0.343 e. The van der Waals surface area contributed by atoms with Crippen LogP contribution in [-0.4, -0.2) is 282 Å². The number of hydrogen-bond donors (Lipinski definition) is 3. The minimum atomic E-state index is -4.84. The van der Waals surface area contributed by atoms with Crippen molar-refractivity contribution in [2.45, 2.75) is 224 Å². The van der Waals surface area contributed by atoms with Crippen LogP contribution in [0.4, 0.5) is 22.0 Å². The summed E-state index contributed by atoms with van der Waals surface area (Å²) in [6.45, 7) is 9.75. The molecule has 3 aliphatic heterocycles. The van der Waals surface area contributed by atoms with E-state index in [0.717, 1.165) is 85.2 Å². The second-order valence-corrected chi connectivity index (χ2v) is 30.4. The number of rotatable bonds is 14. The highest BCUT2D eigenvalue weighted by molar-refractivity contribution is 6.31. The molecule has 4 aliphatic rings. The number of likely N-dealkylation sites (tertiary alicyclic amines) is 2. The molecule has 105 heavy (non-hydrogen) atoms. The zero-order valence-electron chi connectivity index (χ0n) is 63.9. The van der Waals surface area contributed by atoms with Crippen molar-refractivity contribution in [1.82, 2.24) is 64.9 Å². The summed E-state index contributed by atoms with van der Waals surface area (Å²) >= 11 is 6.13. The Bertz CT molecular complexity index is 3250. The van der Waals surface area contributed by atoms with Crippen LogP contribution >= 0.6 is 11.6 Å². The molecule has 0 bridgehead atoms. The molecule has 0 radical (unpaired) electrons. The number of carbonyl (C=O) groups is 13. The molecule has 5 rings (SSSR count). The number of amides is 13. The summed E-state index contributed by atoms with van der Waals surface area (Å²) in [6.07, 6.45) is -1.97. The number of nitrogens with one attached hydrogen (secondary N) is 3. The Morgan fingerprint density at radius 3 is 1.71 bits per heavy atom. The fourth-order valence-corrected chi connectivity index (χ4v) is 14.4. The van der Waals surface area contributed by atoms with E-state index in [0.29, 0.717) is 45.2 Å². The van der Waals surface area contributed by atoms with E-state index in [1.165, 1.54) is 66.1 Å². The largest absolute Gasteiger partial charge is 0.417 e. The fraction of sp³-hybridized carbons (Fsp3) is 0.740. The predicted molar refractivity (Wildman–Crippen MR) is 382 cm³/mol. The highest BCUT2D eigenvalue weighted by Crippen LogP contribution is 2.36. The van der Waals surface area contributed by atoms with E-state index in [9.17, 15) is 65.1 Å². The molecule has 1 aromatic carbocycles. The van der Waals surface area contributed by atoms with Gasteiger partial charge in [-0.2, -0.15) is 13.2 Å². The minimum absolute atomic E-state index is 0.0539. The maximum atomic E-state index is 15.3. The van der Waals surface area contributed by atoms with E-state index in [1.807, 2.05) is 13.8 Å². The van der Waals surface area contributed by atoms with Crippen molar-refractivity contribution in [3.8, 4) is 0 Å². The first kappa shape index (κ1) is 87.9. The normalized spacial score (nSPS) is 25.6. The quantitative estimate of drug-likeness (QED) is 0.196. The third-order valence-electron chi connectivity index (χ3n) is 21.2. The fourth-order valence-electron chi connectivity index (χ4n) is 14.1. The number of alkyl halides is 5. The lowest BCUT2D eigenvalue weighted by Crippen LogP contribution is -2.61. The average Bonchev–Trinajstić information content (AvgIpc) is 0.811. The number of likely N-dealkylation sites (N-methyl/N-ethyl adjacent to an activating group) is 8. The summed E-state index contributed by atoms with van der Waals surface area (Å²) in [5, 5.41) is 7.43. The maximum absolute atomic E-state index is 15.3. The molecule has 0 spiro atoms. The molecule has 1 saturated carbocycles. The minimum Gasteiger partial charge on any atom is -0.343 e. The van der Waals surface area contributed by atoms with E-state index in [1.54, 1.807) is 32.6 Å². The molecule has 590 valence electrons. The Balaban J connectivity index is 1.67. The number of aryl methyl sites for hydroxylation is 1. The van der Waals surface area contributed by atoms with Crippen LogP contribution in [0.1, 0.15) is 169 Å². The molecular formula is C73H113ClF5N13O13. The van der Waals surface area contributed by atoms with Gasteiger partial charge in [0.15, 0.2) is 0 Å². The van der Waals surface area contributed by atoms with Crippen LogP contribution in [-0.2, 0) is 74.9 Å². The highest BCUT2D eigenvalue weighted by atomic mass is 35.5.